The fourth-order valence-electron chi connectivity index (χ4n) is 1.38. The van der Waals surface area contributed by atoms with Crippen LogP contribution in [0.3, 0.4) is 0 Å². The summed E-state index contributed by atoms with van der Waals surface area (Å²) in [5.74, 6) is -0.751. The summed E-state index contributed by atoms with van der Waals surface area (Å²) in [5.41, 5.74) is 2.19. The Hall–Kier alpha value is -1.03. The molecule has 0 aliphatic carbocycles. The van der Waals surface area contributed by atoms with Crippen LogP contribution >= 0.6 is 15.9 Å². The number of nitrogens with one attached hydrogen (secondary N) is 1. The quantitative estimate of drug-likeness (QED) is 0.872. The summed E-state index contributed by atoms with van der Waals surface area (Å²) in [6, 6.07) is 6.19. The van der Waals surface area contributed by atoms with Crippen LogP contribution in [-0.4, -0.2) is 17.1 Å². The standard InChI is InChI=1S/C12H16BrNO2/c1-8-3-5-10(7-11(8)13)14-9(2)4-6-12(15)16/h3,5,7,9,14H,4,6H2,1-2H3,(H,15,16). The molecule has 2 N–H and O–H groups in total. The summed E-state index contributed by atoms with van der Waals surface area (Å²) in [5, 5.41) is 11.8. The van der Waals surface area contributed by atoms with E-state index in [0.717, 1.165) is 10.2 Å². The van der Waals surface area contributed by atoms with Crippen LogP contribution in [0.4, 0.5) is 5.69 Å². The normalized spacial score (nSPS) is 12.2. The number of carboxylic acids is 1. The molecule has 1 atom stereocenters. The number of aryl methyl sites for hydroxylation is 1. The Morgan fingerprint density at radius 3 is 2.81 bits per heavy atom. The van der Waals surface area contributed by atoms with Crippen LogP contribution in [0.1, 0.15) is 25.3 Å². The molecule has 0 amide bonds. The average molecular weight is 286 g/mol. The molecule has 3 nitrogen and oxygen atoms in total. The van der Waals surface area contributed by atoms with Crippen LogP contribution in [0, 0.1) is 6.92 Å². The Labute approximate surface area is 104 Å². The van der Waals surface area contributed by atoms with Gasteiger partial charge in [0, 0.05) is 22.6 Å². The van der Waals surface area contributed by atoms with Gasteiger partial charge >= 0.3 is 5.97 Å². The zero-order valence-corrected chi connectivity index (χ0v) is 11.0. The molecule has 0 radical (unpaired) electrons. The van der Waals surface area contributed by atoms with Gasteiger partial charge in [0.1, 0.15) is 0 Å². The molecule has 88 valence electrons. The van der Waals surface area contributed by atoms with E-state index in [0.29, 0.717) is 6.42 Å². The zero-order chi connectivity index (χ0) is 12.1. The summed E-state index contributed by atoms with van der Waals surface area (Å²) in [6.07, 6.45) is 0.821. The Morgan fingerprint density at radius 2 is 2.25 bits per heavy atom. The van der Waals surface area contributed by atoms with E-state index in [9.17, 15) is 4.79 Å². The minimum Gasteiger partial charge on any atom is -0.481 e. The third-order valence-electron chi connectivity index (χ3n) is 2.38. The first-order chi connectivity index (χ1) is 7.49. The molecule has 0 saturated carbocycles. The lowest BCUT2D eigenvalue weighted by Crippen LogP contribution is -2.16. The predicted octanol–water partition coefficient (Wildman–Crippen LogP) is 3.42. The van der Waals surface area contributed by atoms with Gasteiger partial charge in [0.15, 0.2) is 0 Å². The molecule has 0 fully saturated rings. The predicted molar refractivity (Wildman–Crippen MR) is 68.8 cm³/mol. The van der Waals surface area contributed by atoms with Gasteiger partial charge in [-0.25, -0.2) is 0 Å². The van der Waals surface area contributed by atoms with Gasteiger partial charge in [-0.15, -0.1) is 0 Å². The van der Waals surface area contributed by atoms with Gasteiger partial charge in [-0.1, -0.05) is 22.0 Å². The molecule has 0 heterocycles. The SMILES string of the molecule is Cc1ccc(NC(C)CCC(=O)O)cc1Br. The number of carbonyl (C=O) groups is 1. The van der Waals surface area contributed by atoms with E-state index < -0.39 is 5.97 Å². The van der Waals surface area contributed by atoms with E-state index in [4.69, 9.17) is 5.11 Å². The van der Waals surface area contributed by atoms with Crippen molar-refractivity contribution in [2.75, 3.05) is 5.32 Å². The first kappa shape index (κ1) is 13.0. The van der Waals surface area contributed by atoms with Crippen molar-refractivity contribution in [2.45, 2.75) is 32.7 Å². The highest BCUT2D eigenvalue weighted by molar-refractivity contribution is 9.10. The molecule has 1 unspecified atom stereocenters. The van der Waals surface area contributed by atoms with Crippen molar-refractivity contribution in [3.63, 3.8) is 0 Å². The maximum atomic E-state index is 10.4. The molecule has 4 heteroatoms. The van der Waals surface area contributed by atoms with Crippen LogP contribution in [0.5, 0.6) is 0 Å². The lowest BCUT2D eigenvalue weighted by atomic mass is 10.1. The molecule has 1 aromatic carbocycles. The Balaban J connectivity index is 2.52. The number of anilines is 1. The van der Waals surface area contributed by atoms with E-state index in [1.807, 2.05) is 32.0 Å². The highest BCUT2D eigenvalue weighted by Crippen LogP contribution is 2.21. The molecular weight excluding hydrogens is 270 g/mol. The van der Waals surface area contributed by atoms with Crippen LogP contribution in [0.2, 0.25) is 0 Å². The van der Waals surface area contributed by atoms with Crippen molar-refractivity contribution in [1.82, 2.24) is 0 Å². The van der Waals surface area contributed by atoms with Gasteiger partial charge < -0.3 is 10.4 Å². The third-order valence-corrected chi connectivity index (χ3v) is 3.23. The van der Waals surface area contributed by atoms with Crippen LogP contribution in [-0.2, 0) is 4.79 Å². The van der Waals surface area contributed by atoms with Gasteiger partial charge in [0.25, 0.3) is 0 Å². The molecule has 1 rings (SSSR count). The minimum absolute atomic E-state index is 0.158. The fraction of sp³-hybridized carbons (Fsp3) is 0.417. The summed E-state index contributed by atoms with van der Waals surface area (Å²) >= 11 is 3.46. The first-order valence-corrected chi connectivity index (χ1v) is 6.03. The zero-order valence-electron chi connectivity index (χ0n) is 9.46. The van der Waals surface area contributed by atoms with Crippen molar-refractivity contribution in [3.05, 3.63) is 28.2 Å². The molecule has 0 aromatic heterocycles. The molecule has 1 aromatic rings. The number of carboxylic acid groups (broad SMARTS) is 1. The number of benzene rings is 1. The van der Waals surface area contributed by atoms with E-state index in [1.165, 1.54) is 5.56 Å². The number of hydrogen-bond donors (Lipinski definition) is 2. The smallest absolute Gasteiger partial charge is 0.303 e. The van der Waals surface area contributed by atoms with Gasteiger partial charge in [-0.05, 0) is 38.0 Å². The first-order valence-electron chi connectivity index (χ1n) is 5.23. The maximum Gasteiger partial charge on any atom is 0.303 e. The van der Waals surface area contributed by atoms with Crippen LogP contribution < -0.4 is 5.32 Å². The van der Waals surface area contributed by atoms with Crippen molar-refractivity contribution >= 4 is 27.6 Å². The fourth-order valence-corrected chi connectivity index (χ4v) is 1.76. The second kappa shape index (κ2) is 5.89. The van der Waals surface area contributed by atoms with Gasteiger partial charge in [-0.3, -0.25) is 4.79 Å². The molecule has 16 heavy (non-hydrogen) atoms. The molecule has 0 aliphatic rings. The Bertz CT molecular complexity index is 379. The van der Waals surface area contributed by atoms with E-state index >= 15 is 0 Å². The van der Waals surface area contributed by atoms with Crippen molar-refractivity contribution < 1.29 is 9.90 Å². The number of hydrogen-bond acceptors (Lipinski definition) is 2. The van der Waals surface area contributed by atoms with Crippen molar-refractivity contribution in [3.8, 4) is 0 Å². The second-order valence-corrected chi connectivity index (χ2v) is 4.80. The Morgan fingerprint density at radius 1 is 1.56 bits per heavy atom. The van der Waals surface area contributed by atoms with E-state index in [1.54, 1.807) is 0 Å². The molecule has 0 spiro atoms. The van der Waals surface area contributed by atoms with Gasteiger partial charge in [0.05, 0.1) is 0 Å². The van der Waals surface area contributed by atoms with Crippen molar-refractivity contribution in [2.24, 2.45) is 0 Å². The summed E-state index contributed by atoms with van der Waals surface area (Å²) in [7, 11) is 0. The van der Waals surface area contributed by atoms with Crippen LogP contribution in [0.15, 0.2) is 22.7 Å². The average Bonchev–Trinajstić information content (AvgIpc) is 2.21. The minimum atomic E-state index is -0.751. The molecular formula is C12H16BrNO2. The highest BCUT2D eigenvalue weighted by Gasteiger charge is 2.05. The number of aliphatic carboxylic acids is 1. The molecule has 0 saturated heterocycles. The summed E-state index contributed by atoms with van der Waals surface area (Å²) < 4.78 is 1.06. The monoisotopic (exact) mass is 285 g/mol. The van der Waals surface area contributed by atoms with Crippen molar-refractivity contribution in [1.29, 1.82) is 0 Å². The summed E-state index contributed by atoms with van der Waals surface area (Å²) in [6.45, 7) is 4.01. The third kappa shape index (κ3) is 4.23. The largest absolute Gasteiger partial charge is 0.481 e. The maximum absolute atomic E-state index is 10.4. The van der Waals surface area contributed by atoms with E-state index in [2.05, 4.69) is 21.2 Å². The van der Waals surface area contributed by atoms with E-state index in [-0.39, 0.29) is 12.5 Å². The number of halogens is 1. The lowest BCUT2D eigenvalue weighted by molar-refractivity contribution is -0.137. The highest BCUT2D eigenvalue weighted by atomic mass is 79.9. The van der Waals surface area contributed by atoms with Crippen LogP contribution in [0.25, 0.3) is 0 Å². The summed E-state index contributed by atoms with van der Waals surface area (Å²) in [4.78, 5) is 10.4. The molecule has 0 aliphatic heterocycles. The number of rotatable bonds is 5. The second-order valence-electron chi connectivity index (χ2n) is 3.94. The topological polar surface area (TPSA) is 49.3 Å². The Kier molecular flexibility index (Phi) is 4.80. The van der Waals surface area contributed by atoms with Gasteiger partial charge in [0.2, 0.25) is 0 Å². The van der Waals surface area contributed by atoms with Gasteiger partial charge in [-0.2, -0.15) is 0 Å². The lowest BCUT2D eigenvalue weighted by Gasteiger charge is -2.14. The molecule has 0 bridgehead atoms.